The molecule has 1 aliphatic heterocycles. The molecular formula is C26H23F6N3O3S. The van der Waals surface area contributed by atoms with Gasteiger partial charge in [0.25, 0.3) is 5.91 Å². The number of carbonyl (C=O) groups excluding carboxylic acids is 1. The van der Waals surface area contributed by atoms with Crippen LogP contribution in [0, 0.1) is 17.8 Å². The topological polar surface area (TPSA) is 54.9 Å². The van der Waals surface area contributed by atoms with Gasteiger partial charge in [-0.05, 0) is 41.5 Å². The van der Waals surface area contributed by atoms with E-state index in [0.717, 1.165) is 0 Å². The van der Waals surface area contributed by atoms with E-state index in [2.05, 4.69) is 19.4 Å². The second-order valence-electron chi connectivity index (χ2n) is 9.60. The summed E-state index contributed by atoms with van der Waals surface area (Å²) in [5.74, 6) is -0.232. The van der Waals surface area contributed by atoms with Crippen molar-refractivity contribution in [1.29, 1.82) is 0 Å². The first kappa shape index (κ1) is 27.3. The molecule has 3 aromatic rings. The van der Waals surface area contributed by atoms with Crippen molar-refractivity contribution in [3.8, 4) is 11.5 Å². The number of carbonyl (C=O) groups is 1. The van der Waals surface area contributed by atoms with Gasteiger partial charge in [-0.1, -0.05) is 30.3 Å². The largest absolute Gasteiger partial charge is 0.573 e. The highest BCUT2D eigenvalue weighted by molar-refractivity contribution is 7.07. The highest BCUT2D eigenvalue weighted by Crippen LogP contribution is 2.52. The van der Waals surface area contributed by atoms with Crippen LogP contribution < -0.4 is 9.47 Å². The summed E-state index contributed by atoms with van der Waals surface area (Å²) in [5.41, 5.74) is 2.72. The minimum atomic E-state index is -4.83. The number of para-hydroxylation sites is 1. The number of halogens is 6. The van der Waals surface area contributed by atoms with Crippen LogP contribution in [-0.2, 0) is 13.1 Å². The molecule has 1 saturated heterocycles. The number of thiazole rings is 1. The van der Waals surface area contributed by atoms with Crippen molar-refractivity contribution in [1.82, 2.24) is 14.8 Å². The van der Waals surface area contributed by atoms with Crippen molar-refractivity contribution in [2.45, 2.75) is 25.8 Å². The van der Waals surface area contributed by atoms with Crippen LogP contribution in [0.3, 0.4) is 0 Å². The Morgan fingerprint density at radius 2 is 1.72 bits per heavy atom. The molecule has 0 N–H and O–H groups in total. The SMILES string of the molecule is O=C(c1cscn1)N(Cc1cccc(OC(F)(F)F)c1)CC1C2CN(Cc3ccccc3OC(F)(F)F)CC21. The van der Waals surface area contributed by atoms with E-state index in [0.29, 0.717) is 37.3 Å². The van der Waals surface area contributed by atoms with Crippen LogP contribution in [0.15, 0.2) is 59.4 Å². The summed E-state index contributed by atoms with van der Waals surface area (Å²) < 4.78 is 84.5. The third-order valence-corrected chi connectivity index (χ3v) is 7.50. The molecule has 2 fully saturated rings. The fraction of sp³-hybridized carbons (Fsp3) is 0.385. The average molecular weight is 572 g/mol. The first-order valence-corrected chi connectivity index (χ1v) is 13.0. The van der Waals surface area contributed by atoms with Crippen molar-refractivity contribution in [3.05, 3.63) is 76.2 Å². The first-order valence-electron chi connectivity index (χ1n) is 12.0. The van der Waals surface area contributed by atoms with Gasteiger partial charge in [-0.3, -0.25) is 9.69 Å². The summed E-state index contributed by atoms with van der Waals surface area (Å²) in [4.78, 5) is 20.9. The van der Waals surface area contributed by atoms with Gasteiger partial charge in [0.1, 0.15) is 17.2 Å². The van der Waals surface area contributed by atoms with Gasteiger partial charge in [0.15, 0.2) is 0 Å². The number of piperidine rings is 1. The number of hydrogen-bond acceptors (Lipinski definition) is 6. The Kier molecular flexibility index (Phi) is 7.47. The van der Waals surface area contributed by atoms with Crippen LogP contribution in [0.25, 0.3) is 0 Å². The maximum Gasteiger partial charge on any atom is 0.573 e. The monoisotopic (exact) mass is 571 g/mol. The summed E-state index contributed by atoms with van der Waals surface area (Å²) in [7, 11) is 0. The zero-order chi connectivity index (χ0) is 27.8. The van der Waals surface area contributed by atoms with Gasteiger partial charge in [0.05, 0.1) is 5.51 Å². The van der Waals surface area contributed by atoms with Crippen LogP contribution in [0.1, 0.15) is 21.6 Å². The molecule has 2 aliphatic rings. The number of alkyl halides is 6. The van der Waals surface area contributed by atoms with Gasteiger partial charge in [0, 0.05) is 43.7 Å². The summed E-state index contributed by atoms with van der Waals surface area (Å²) in [5, 5.41) is 1.62. The van der Waals surface area contributed by atoms with E-state index in [1.807, 2.05) is 0 Å². The van der Waals surface area contributed by atoms with E-state index in [1.54, 1.807) is 28.5 Å². The molecule has 2 heterocycles. The van der Waals surface area contributed by atoms with Gasteiger partial charge in [0.2, 0.25) is 0 Å². The van der Waals surface area contributed by atoms with Crippen molar-refractivity contribution < 1.29 is 40.6 Å². The van der Waals surface area contributed by atoms with Crippen LogP contribution in [0.4, 0.5) is 26.3 Å². The van der Waals surface area contributed by atoms with Gasteiger partial charge < -0.3 is 14.4 Å². The Morgan fingerprint density at radius 1 is 1.00 bits per heavy atom. The predicted octanol–water partition coefficient (Wildman–Crippen LogP) is 5.96. The summed E-state index contributed by atoms with van der Waals surface area (Å²) in [6.07, 6.45) is -9.61. The number of hydrogen-bond donors (Lipinski definition) is 0. The Balaban J connectivity index is 1.23. The number of benzene rings is 2. The minimum Gasteiger partial charge on any atom is -0.406 e. The van der Waals surface area contributed by atoms with E-state index < -0.39 is 12.7 Å². The molecule has 2 aromatic carbocycles. The maximum absolute atomic E-state index is 13.2. The number of rotatable bonds is 9. The average Bonchev–Trinajstić information content (AvgIpc) is 3.24. The molecule has 0 spiro atoms. The number of likely N-dealkylation sites (tertiary alicyclic amines) is 1. The lowest BCUT2D eigenvalue weighted by molar-refractivity contribution is -0.275. The lowest BCUT2D eigenvalue weighted by Crippen LogP contribution is -2.35. The fourth-order valence-corrected chi connectivity index (χ4v) is 5.78. The van der Waals surface area contributed by atoms with Crippen molar-refractivity contribution >= 4 is 17.2 Å². The van der Waals surface area contributed by atoms with Crippen LogP contribution in [-0.4, -0.2) is 53.0 Å². The molecule has 1 aromatic heterocycles. The molecule has 5 rings (SSSR count). The molecule has 39 heavy (non-hydrogen) atoms. The molecule has 2 unspecified atom stereocenters. The van der Waals surface area contributed by atoms with Gasteiger partial charge in [-0.15, -0.1) is 37.7 Å². The Hall–Kier alpha value is -3.32. The number of nitrogens with zero attached hydrogens (tertiary/aromatic N) is 3. The lowest BCUT2D eigenvalue weighted by atomic mass is 10.1. The maximum atomic E-state index is 13.2. The number of aromatic nitrogens is 1. The Bertz CT molecular complexity index is 1290. The van der Waals surface area contributed by atoms with E-state index in [1.165, 1.54) is 47.2 Å². The molecule has 0 bridgehead atoms. The first-order chi connectivity index (χ1) is 18.4. The highest BCUT2D eigenvalue weighted by atomic mass is 32.1. The third-order valence-electron chi connectivity index (χ3n) is 6.91. The summed E-state index contributed by atoms with van der Waals surface area (Å²) >= 11 is 1.27. The van der Waals surface area contributed by atoms with Crippen LogP contribution >= 0.6 is 11.3 Å². The number of ether oxygens (including phenoxy) is 2. The zero-order valence-electron chi connectivity index (χ0n) is 20.3. The molecule has 208 valence electrons. The molecule has 13 heteroatoms. The smallest absolute Gasteiger partial charge is 0.406 e. The molecule has 1 aliphatic carbocycles. The van der Waals surface area contributed by atoms with Crippen molar-refractivity contribution in [2.75, 3.05) is 19.6 Å². The fourth-order valence-electron chi connectivity index (χ4n) is 5.25. The number of amides is 1. The van der Waals surface area contributed by atoms with Crippen LogP contribution in [0.5, 0.6) is 11.5 Å². The lowest BCUT2D eigenvalue weighted by Gasteiger charge is -2.25. The van der Waals surface area contributed by atoms with Gasteiger partial charge >= 0.3 is 12.7 Å². The van der Waals surface area contributed by atoms with Gasteiger partial charge in [-0.25, -0.2) is 4.98 Å². The standard InChI is InChI=1S/C26H23F6N3O3S/c27-25(28,29)37-18-6-3-4-16(8-18)9-35(24(36)22-14-39-15-33-22)13-21-19-11-34(12-20(19)21)10-17-5-1-2-7-23(17)38-26(30,31)32/h1-8,14-15,19-21H,9-13H2. The van der Waals surface area contributed by atoms with E-state index in [9.17, 15) is 31.1 Å². The second-order valence-corrected chi connectivity index (χ2v) is 10.3. The zero-order valence-corrected chi connectivity index (χ0v) is 21.1. The molecule has 0 radical (unpaired) electrons. The van der Waals surface area contributed by atoms with Gasteiger partial charge in [-0.2, -0.15) is 0 Å². The molecule has 1 amide bonds. The number of fused-ring (bicyclic) bond motifs is 1. The molecule has 2 atom stereocenters. The normalized spacial score (nSPS) is 20.9. The van der Waals surface area contributed by atoms with E-state index >= 15 is 0 Å². The molecule has 1 saturated carbocycles. The third kappa shape index (κ3) is 7.01. The molecule has 6 nitrogen and oxygen atoms in total. The van der Waals surface area contributed by atoms with Crippen molar-refractivity contribution in [2.24, 2.45) is 17.8 Å². The Labute approximate surface area is 223 Å². The quantitative estimate of drug-likeness (QED) is 0.297. The molecular weight excluding hydrogens is 548 g/mol. The van der Waals surface area contributed by atoms with Crippen molar-refractivity contribution in [3.63, 3.8) is 0 Å². The second kappa shape index (κ2) is 10.7. The predicted molar refractivity (Wildman–Crippen MR) is 129 cm³/mol. The summed E-state index contributed by atoms with van der Waals surface area (Å²) in [6, 6.07) is 11.6. The Morgan fingerprint density at radius 3 is 2.38 bits per heavy atom. The van der Waals surface area contributed by atoms with Crippen LogP contribution in [0.2, 0.25) is 0 Å². The minimum absolute atomic E-state index is 0.0766. The van der Waals surface area contributed by atoms with E-state index in [4.69, 9.17) is 0 Å². The van der Waals surface area contributed by atoms with E-state index in [-0.39, 0.29) is 47.4 Å². The highest BCUT2D eigenvalue weighted by Gasteiger charge is 2.56. The summed E-state index contributed by atoms with van der Waals surface area (Å²) in [6.45, 7) is 2.08.